The standard InChI is InChI=1S/C11H17F3N4O3S.ClH/c1-3-4-18(22(20,21)11(12,13)14)8-7-17-6-5-16(2)10(17)9-15-19;/h5-6,9H,3-4,7-8H2,1-2H3;1H. The van der Waals surface area contributed by atoms with Crippen LogP contribution in [0.3, 0.4) is 0 Å². The smallest absolute Gasteiger partial charge is 0.511 e. The van der Waals surface area contributed by atoms with E-state index in [2.05, 4.69) is 5.16 Å². The predicted octanol–water partition coefficient (Wildman–Crippen LogP) is -2.31. The average Bonchev–Trinajstić information content (AvgIpc) is 2.75. The first-order valence-corrected chi connectivity index (χ1v) is 7.87. The lowest BCUT2D eigenvalue weighted by molar-refractivity contribution is -0.671. The number of hydrogen-bond acceptors (Lipinski definition) is 4. The molecule has 0 aliphatic rings. The summed E-state index contributed by atoms with van der Waals surface area (Å²) in [5.41, 5.74) is -5.32. The lowest BCUT2D eigenvalue weighted by Crippen LogP contribution is -3.00. The second-order valence-electron chi connectivity index (χ2n) is 4.56. The van der Waals surface area contributed by atoms with Crippen LogP contribution in [0, 0.1) is 0 Å². The van der Waals surface area contributed by atoms with Crippen LogP contribution in [-0.2, 0) is 23.6 Å². The van der Waals surface area contributed by atoms with Crippen LogP contribution in [0.4, 0.5) is 13.2 Å². The van der Waals surface area contributed by atoms with E-state index in [0.29, 0.717) is 10.1 Å². The zero-order valence-electron chi connectivity index (χ0n) is 12.5. The normalized spacial score (nSPS) is 12.8. The maximum absolute atomic E-state index is 12.6. The summed E-state index contributed by atoms with van der Waals surface area (Å²) in [6.45, 7) is 1.03. The monoisotopic (exact) mass is 378 g/mol. The van der Waals surface area contributed by atoms with Crippen molar-refractivity contribution in [1.29, 1.82) is 0 Å². The molecule has 1 rings (SSSR count). The topological polar surface area (TPSA) is 78.8 Å². The van der Waals surface area contributed by atoms with E-state index in [1.165, 1.54) is 4.57 Å². The molecule has 12 heteroatoms. The van der Waals surface area contributed by atoms with Gasteiger partial charge in [0.2, 0.25) is 0 Å². The Morgan fingerprint density at radius 1 is 1.43 bits per heavy atom. The first-order valence-electron chi connectivity index (χ1n) is 6.43. The zero-order chi connectivity index (χ0) is 17.0. The molecule has 0 aromatic carbocycles. The molecule has 7 nitrogen and oxygen atoms in total. The van der Waals surface area contributed by atoms with Crippen molar-refractivity contribution in [3.63, 3.8) is 0 Å². The zero-order valence-corrected chi connectivity index (χ0v) is 14.1. The molecule has 0 aliphatic heterocycles. The van der Waals surface area contributed by atoms with Crippen LogP contribution in [-0.4, -0.2) is 47.3 Å². The Labute approximate surface area is 138 Å². The van der Waals surface area contributed by atoms with Gasteiger partial charge < -0.3 is 17.6 Å². The quantitative estimate of drug-likeness (QED) is 0.250. The molecule has 134 valence electrons. The molecule has 0 amide bonds. The highest BCUT2D eigenvalue weighted by Gasteiger charge is 2.49. The third-order valence-electron chi connectivity index (χ3n) is 2.99. The summed E-state index contributed by atoms with van der Waals surface area (Å²) in [6.07, 6.45) is 4.54. The van der Waals surface area contributed by atoms with Crippen molar-refractivity contribution < 1.29 is 43.8 Å². The summed E-state index contributed by atoms with van der Waals surface area (Å²) < 4.78 is 64.4. The molecule has 1 aromatic heterocycles. The summed E-state index contributed by atoms with van der Waals surface area (Å²) in [7, 11) is -3.70. The summed E-state index contributed by atoms with van der Waals surface area (Å²) in [6, 6.07) is 0. The molecular weight excluding hydrogens is 361 g/mol. The molecule has 1 aromatic rings. The van der Waals surface area contributed by atoms with E-state index < -0.39 is 15.5 Å². The number of sulfonamides is 1. The Hall–Kier alpha value is -1.33. The van der Waals surface area contributed by atoms with E-state index in [9.17, 15) is 21.6 Å². The van der Waals surface area contributed by atoms with Gasteiger partial charge in [-0.25, -0.2) is 17.6 Å². The maximum atomic E-state index is 12.6. The van der Waals surface area contributed by atoms with E-state index in [4.69, 9.17) is 5.21 Å². The molecule has 0 bridgehead atoms. The van der Waals surface area contributed by atoms with E-state index in [-0.39, 0.29) is 38.5 Å². The van der Waals surface area contributed by atoms with Gasteiger partial charge in [0, 0.05) is 6.54 Å². The number of aromatic nitrogens is 2. The highest BCUT2D eigenvalue weighted by Crippen LogP contribution is 2.26. The molecule has 0 radical (unpaired) electrons. The number of alkyl halides is 3. The van der Waals surface area contributed by atoms with Crippen LogP contribution in [0.15, 0.2) is 17.5 Å². The van der Waals surface area contributed by atoms with Crippen LogP contribution in [0.5, 0.6) is 0 Å². The van der Waals surface area contributed by atoms with Gasteiger partial charge in [-0.2, -0.15) is 17.5 Å². The molecule has 0 spiro atoms. The van der Waals surface area contributed by atoms with E-state index in [1.807, 2.05) is 0 Å². The minimum atomic E-state index is -5.36. The molecule has 1 N–H and O–H groups in total. The summed E-state index contributed by atoms with van der Waals surface area (Å²) in [5.74, 6) is 0.420. The fraction of sp³-hybridized carbons (Fsp3) is 0.636. The number of halogens is 4. The van der Waals surface area contributed by atoms with Gasteiger partial charge >= 0.3 is 21.4 Å². The van der Waals surface area contributed by atoms with E-state index in [0.717, 1.165) is 6.21 Å². The van der Waals surface area contributed by atoms with Crippen molar-refractivity contribution in [3.05, 3.63) is 18.2 Å². The van der Waals surface area contributed by atoms with Gasteiger partial charge in [-0.1, -0.05) is 12.1 Å². The Morgan fingerprint density at radius 2 is 2.04 bits per heavy atom. The number of imidazole rings is 1. The summed E-state index contributed by atoms with van der Waals surface area (Å²) >= 11 is 0. The van der Waals surface area contributed by atoms with Crippen molar-refractivity contribution in [2.45, 2.75) is 25.4 Å². The number of oxime groups is 1. The third-order valence-corrected chi connectivity index (χ3v) is 4.62. The lowest BCUT2D eigenvalue weighted by atomic mass is 10.4. The molecule has 0 saturated carbocycles. The van der Waals surface area contributed by atoms with Crippen LogP contribution < -0.4 is 17.0 Å². The SMILES string of the molecule is CCCN(CCn1cc[n+](C)c1/C=N/O)S(=O)(=O)C(F)(F)F.[Cl-]. The van der Waals surface area contributed by atoms with Crippen LogP contribution in [0.2, 0.25) is 0 Å². The molecule has 0 aliphatic carbocycles. The minimum absolute atomic E-state index is 0. The van der Waals surface area contributed by atoms with Gasteiger partial charge in [-0.15, -0.1) is 0 Å². The molecule has 0 atom stereocenters. The van der Waals surface area contributed by atoms with E-state index >= 15 is 0 Å². The molecule has 0 fully saturated rings. The van der Waals surface area contributed by atoms with Crippen molar-refractivity contribution in [1.82, 2.24) is 8.87 Å². The summed E-state index contributed by atoms with van der Waals surface area (Å²) in [5, 5.41) is 11.4. The van der Waals surface area contributed by atoms with Crippen LogP contribution in [0.25, 0.3) is 0 Å². The number of nitrogens with zero attached hydrogens (tertiary/aromatic N) is 4. The van der Waals surface area contributed by atoms with Crippen molar-refractivity contribution >= 4 is 16.2 Å². The van der Waals surface area contributed by atoms with Gasteiger partial charge in [0.1, 0.15) is 18.9 Å². The van der Waals surface area contributed by atoms with Crippen LogP contribution >= 0.6 is 0 Å². The second kappa shape index (κ2) is 8.50. The van der Waals surface area contributed by atoms with Crippen molar-refractivity contribution in [2.75, 3.05) is 13.1 Å². The van der Waals surface area contributed by atoms with Gasteiger partial charge in [0.25, 0.3) is 0 Å². The molecule has 0 saturated heterocycles. The minimum Gasteiger partial charge on any atom is -1.00 e. The van der Waals surface area contributed by atoms with Crippen molar-refractivity contribution in [3.8, 4) is 0 Å². The van der Waals surface area contributed by atoms with Crippen LogP contribution in [0.1, 0.15) is 19.2 Å². The Balaban J connectivity index is 0.00000484. The van der Waals surface area contributed by atoms with Gasteiger partial charge in [0.05, 0.1) is 13.6 Å². The van der Waals surface area contributed by atoms with Gasteiger partial charge in [-0.05, 0) is 6.42 Å². The number of aryl methyl sites for hydroxylation is 1. The van der Waals surface area contributed by atoms with Crippen molar-refractivity contribution in [2.24, 2.45) is 12.2 Å². The second-order valence-corrected chi connectivity index (χ2v) is 6.48. The third kappa shape index (κ3) is 5.08. The van der Waals surface area contributed by atoms with Gasteiger partial charge in [-0.3, -0.25) is 0 Å². The fourth-order valence-corrected chi connectivity index (χ4v) is 2.95. The van der Waals surface area contributed by atoms with E-state index in [1.54, 1.807) is 30.9 Å². The van der Waals surface area contributed by atoms with Gasteiger partial charge in [0.15, 0.2) is 6.21 Å². The average molecular weight is 379 g/mol. The fourth-order valence-electron chi connectivity index (χ4n) is 1.91. The predicted molar refractivity (Wildman–Crippen MR) is 71.8 cm³/mol. The molecular formula is C11H18ClF3N4O3S. The number of rotatable bonds is 7. The molecule has 0 unspecified atom stereocenters. The summed E-state index contributed by atoms with van der Waals surface area (Å²) in [4.78, 5) is 0. The lowest BCUT2D eigenvalue weighted by Gasteiger charge is -2.22. The molecule has 1 heterocycles. The Morgan fingerprint density at radius 3 is 2.52 bits per heavy atom. The molecule has 23 heavy (non-hydrogen) atoms. The number of hydrogen-bond donors (Lipinski definition) is 1. The highest BCUT2D eigenvalue weighted by atomic mass is 35.5. The first-order chi connectivity index (χ1) is 10.1. The Bertz CT molecular complexity index is 631. The largest absolute Gasteiger partial charge is 1.00 e. The Kier molecular flexibility index (Phi) is 8.01. The highest BCUT2D eigenvalue weighted by molar-refractivity contribution is 7.90. The first kappa shape index (κ1) is 21.7. The maximum Gasteiger partial charge on any atom is 0.511 e.